The van der Waals surface area contributed by atoms with Gasteiger partial charge < -0.3 is 16.8 Å². The molecule has 0 radical (unpaired) electrons. The van der Waals surface area contributed by atoms with Crippen molar-refractivity contribution in [1.29, 1.82) is 0 Å². The lowest BCUT2D eigenvalue weighted by Crippen LogP contribution is -2.44. The molecule has 1 atom stereocenters. The van der Waals surface area contributed by atoms with Crippen LogP contribution in [0.15, 0.2) is 0 Å². The fraction of sp³-hybridized carbons (Fsp3) is 0.833. The van der Waals surface area contributed by atoms with Crippen LogP contribution in [0.5, 0.6) is 0 Å². The standard InChI is InChI=1S/C12H23N3O2/c13-7-6-12(17)15-10(8-11(14)16)9-4-2-1-3-5-9/h9-10H,1-8,13H2,(H2,14,16)(H,15,17). The first-order valence-electron chi connectivity index (χ1n) is 6.41. The van der Waals surface area contributed by atoms with Crippen molar-refractivity contribution in [3.8, 4) is 0 Å². The van der Waals surface area contributed by atoms with Crippen molar-refractivity contribution in [2.45, 2.75) is 51.0 Å². The number of hydrogen-bond acceptors (Lipinski definition) is 3. The number of rotatable bonds is 6. The minimum Gasteiger partial charge on any atom is -0.370 e. The van der Waals surface area contributed by atoms with Gasteiger partial charge in [-0.2, -0.15) is 0 Å². The molecule has 0 bridgehead atoms. The first kappa shape index (κ1) is 14.0. The smallest absolute Gasteiger partial charge is 0.221 e. The van der Waals surface area contributed by atoms with Gasteiger partial charge in [0.25, 0.3) is 0 Å². The second-order valence-corrected chi connectivity index (χ2v) is 4.78. The monoisotopic (exact) mass is 241 g/mol. The van der Waals surface area contributed by atoms with E-state index in [2.05, 4.69) is 5.32 Å². The van der Waals surface area contributed by atoms with Gasteiger partial charge in [0.2, 0.25) is 11.8 Å². The Morgan fingerprint density at radius 3 is 2.41 bits per heavy atom. The highest BCUT2D eigenvalue weighted by Crippen LogP contribution is 2.27. The topological polar surface area (TPSA) is 98.2 Å². The summed E-state index contributed by atoms with van der Waals surface area (Å²) in [6.45, 7) is 0.333. The van der Waals surface area contributed by atoms with Crippen LogP contribution in [0.3, 0.4) is 0 Å². The molecule has 0 heterocycles. The second-order valence-electron chi connectivity index (χ2n) is 4.78. The zero-order valence-electron chi connectivity index (χ0n) is 10.3. The Morgan fingerprint density at radius 2 is 1.88 bits per heavy atom. The van der Waals surface area contributed by atoms with E-state index in [9.17, 15) is 9.59 Å². The maximum absolute atomic E-state index is 11.5. The van der Waals surface area contributed by atoms with Crippen molar-refractivity contribution in [3.63, 3.8) is 0 Å². The van der Waals surface area contributed by atoms with E-state index in [4.69, 9.17) is 11.5 Å². The molecule has 0 spiro atoms. The lowest BCUT2D eigenvalue weighted by molar-refractivity contribution is -0.123. The number of nitrogens with two attached hydrogens (primary N) is 2. The van der Waals surface area contributed by atoms with Crippen molar-refractivity contribution in [2.75, 3.05) is 6.54 Å². The number of hydrogen-bond donors (Lipinski definition) is 3. The van der Waals surface area contributed by atoms with Crippen LogP contribution in [-0.2, 0) is 9.59 Å². The van der Waals surface area contributed by atoms with Crippen LogP contribution >= 0.6 is 0 Å². The molecule has 1 aliphatic carbocycles. The van der Waals surface area contributed by atoms with Gasteiger partial charge in [0.1, 0.15) is 0 Å². The predicted octanol–water partition coefficient (Wildman–Crippen LogP) is 0.276. The van der Waals surface area contributed by atoms with E-state index < -0.39 is 0 Å². The molecule has 0 aromatic heterocycles. The van der Waals surface area contributed by atoms with Gasteiger partial charge in [-0.3, -0.25) is 9.59 Å². The molecule has 5 heteroatoms. The van der Waals surface area contributed by atoms with E-state index in [0.717, 1.165) is 12.8 Å². The number of carbonyl (C=O) groups is 2. The Bertz CT molecular complexity index is 262. The third kappa shape index (κ3) is 5.17. The fourth-order valence-corrected chi connectivity index (χ4v) is 2.50. The lowest BCUT2D eigenvalue weighted by Gasteiger charge is -2.30. The number of nitrogens with one attached hydrogen (secondary N) is 1. The van der Waals surface area contributed by atoms with Gasteiger partial charge in [0.15, 0.2) is 0 Å². The van der Waals surface area contributed by atoms with Crippen LogP contribution in [0, 0.1) is 5.92 Å². The molecule has 5 nitrogen and oxygen atoms in total. The Kier molecular flexibility index (Phi) is 5.97. The predicted molar refractivity (Wildman–Crippen MR) is 66.0 cm³/mol. The Morgan fingerprint density at radius 1 is 1.24 bits per heavy atom. The van der Waals surface area contributed by atoms with E-state index in [0.29, 0.717) is 18.9 Å². The molecule has 98 valence electrons. The maximum atomic E-state index is 11.5. The zero-order chi connectivity index (χ0) is 12.7. The van der Waals surface area contributed by atoms with Crippen LogP contribution in [0.25, 0.3) is 0 Å². The SMILES string of the molecule is NCCC(=O)NC(CC(N)=O)C1CCCCC1. The van der Waals surface area contributed by atoms with Crippen molar-refractivity contribution in [2.24, 2.45) is 17.4 Å². The van der Waals surface area contributed by atoms with Gasteiger partial charge in [-0.05, 0) is 18.8 Å². The fourth-order valence-electron chi connectivity index (χ4n) is 2.50. The summed E-state index contributed by atoms with van der Waals surface area (Å²) in [5, 5.41) is 2.90. The highest BCUT2D eigenvalue weighted by Gasteiger charge is 2.26. The van der Waals surface area contributed by atoms with E-state index in [1.807, 2.05) is 0 Å². The molecule has 0 aromatic rings. The van der Waals surface area contributed by atoms with Crippen molar-refractivity contribution < 1.29 is 9.59 Å². The molecule has 0 aliphatic heterocycles. The lowest BCUT2D eigenvalue weighted by atomic mass is 9.82. The first-order chi connectivity index (χ1) is 8.13. The summed E-state index contributed by atoms with van der Waals surface area (Å²) in [7, 11) is 0. The number of carbonyl (C=O) groups excluding carboxylic acids is 2. The number of amides is 2. The van der Waals surface area contributed by atoms with Crippen LogP contribution in [-0.4, -0.2) is 24.4 Å². The summed E-state index contributed by atoms with van der Waals surface area (Å²) < 4.78 is 0. The third-order valence-corrected chi connectivity index (χ3v) is 3.36. The molecule has 1 aliphatic rings. The molecule has 0 saturated heterocycles. The third-order valence-electron chi connectivity index (χ3n) is 3.36. The quantitative estimate of drug-likeness (QED) is 0.622. The van der Waals surface area contributed by atoms with Gasteiger partial charge >= 0.3 is 0 Å². The average Bonchev–Trinajstić information content (AvgIpc) is 2.29. The molecular formula is C12H23N3O2. The van der Waals surface area contributed by atoms with Crippen molar-refractivity contribution in [3.05, 3.63) is 0 Å². The molecule has 0 aromatic carbocycles. The van der Waals surface area contributed by atoms with E-state index in [1.165, 1.54) is 19.3 Å². The Balaban J connectivity index is 2.52. The number of primary amides is 1. The maximum Gasteiger partial charge on any atom is 0.221 e. The normalized spacial score (nSPS) is 18.6. The molecule has 17 heavy (non-hydrogen) atoms. The highest BCUT2D eigenvalue weighted by molar-refractivity contribution is 5.79. The van der Waals surface area contributed by atoms with Gasteiger partial charge in [0.05, 0.1) is 0 Å². The average molecular weight is 241 g/mol. The first-order valence-corrected chi connectivity index (χ1v) is 6.41. The van der Waals surface area contributed by atoms with Gasteiger partial charge in [0, 0.05) is 25.4 Å². The largest absolute Gasteiger partial charge is 0.370 e. The summed E-state index contributed by atoms with van der Waals surface area (Å²) in [6.07, 6.45) is 6.28. The van der Waals surface area contributed by atoms with Crippen LogP contribution in [0.4, 0.5) is 0 Å². The van der Waals surface area contributed by atoms with E-state index in [-0.39, 0.29) is 24.3 Å². The van der Waals surface area contributed by atoms with Crippen LogP contribution < -0.4 is 16.8 Å². The summed E-state index contributed by atoms with van der Waals surface area (Å²) in [4.78, 5) is 22.6. The molecule has 2 amide bonds. The van der Waals surface area contributed by atoms with Crippen molar-refractivity contribution >= 4 is 11.8 Å². The van der Waals surface area contributed by atoms with Crippen molar-refractivity contribution in [1.82, 2.24) is 5.32 Å². The molecule has 5 N–H and O–H groups in total. The summed E-state index contributed by atoms with van der Waals surface area (Å²) in [6, 6.07) is -0.105. The zero-order valence-corrected chi connectivity index (χ0v) is 10.3. The summed E-state index contributed by atoms with van der Waals surface area (Å²) >= 11 is 0. The van der Waals surface area contributed by atoms with Crippen LogP contribution in [0.1, 0.15) is 44.9 Å². The van der Waals surface area contributed by atoms with Crippen LogP contribution in [0.2, 0.25) is 0 Å². The molecule has 1 unspecified atom stereocenters. The molecule has 1 rings (SSSR count). The minimum absolute atomic E-state index is 0.0793. The Labute approximate surface area is 102 Å². The molecule has 1 saturated carbocycles. The van der Waals surface area contributed by atoms with E-state index in [1.54, 1.807) is 0 Å². The molecule has 1 fully saturated rings. The molecular weight excluding hydrogens is 218 g/mol. The highest BCUT2D eigenvalue weighted by atomic mass is 16.2. The van der Waals surface area contributed by atoms with Gasteiger partial charge in [-0.1, -0.05) is 19.3 Å². The van der Waals surface area contributed by atoms with Gasteiger partial charge in [-0.15, -0.1) is 0 Å². The second kappa shape index (κ2) is 7.27. The summed E-state index contributed by atoms with van der Waals surface area (Å²) in [5.41, 5.74) is 10.6. The summed E-state index contributed by atoms with van der Waals surface area (Å²) in [5.74, 6) is -0.0454. The van der Waals surface area contributed by atoms with E-state index >= 15 is 0 Å². The van der Waals surface area contributed by atoms with Gasteiger partial charge in [-0.25, -0.2) is 0 Å². The minimum atomic E-state index is -0.353. The Hall–Kier alpha value is -1.10.